The van der Waals surface area contributed by atoms with E-state index in [1.807, 2.05) is 65.7 Å². The van der Waals surface area contributed by atoms with Gasteiger partial charge < -0.3 is 0 Å². The van der Waals surface area contributed by atoms with Crippen molar-refractivity contribution in [3.8, 4) is 0 Å². The minimum Gasteiger partial charge on any atom is -0.232 e. The van der Waals surface area contributed by atoms with Gasteiger partial charge in [0.05, 0.1) is 17.1 Å². The van der Waals surface area contributed by atoms with Gasteiger partial charge in [-0.2, -0.15) is 15.3 Å². The minimum absolute atomic E-state index is 0.739. The van der Waals surface area contributed by atoms with Crippen molar-refractivity contribution in [1.29, 1.82) is 0 Å². The fourth-order valence-electron chi connectivity index (χ4n) is 4.08. The van der Waals surface area contributed by atoms with Gasteiger partial charge in [-0.1, -0.05) is 97.1 Å². The topological polar surface area (TPSA) is 40.3 Å². The molecular weight excluding hydrogens is 392 g/mol. The van der Waals surface area contributed by atoms with Crippen LogP contribution >= 0.6 is 0 Å². The average molecular weight is 417 g/mol. The van der Waals surface area contributed by atoms with Gasteiger partial charge in [0, 0.05) is 12.0 Å². The first kappa shape index (κ1) is 19.9. The van der Waals surface area contributed by atoms with Crippen LogP contribution in [0.5, 0.6) is 0 Å². The van der Waals surface area contributed by atoms with E-state index in [-0.39, 0.29) is 0 Å². The minimum atomic E-state index is -0.739. The molecule has 1 unspecified atom stereocenters. The second kappa shape index (κ2) is 8.98. The molecule has 1 aliphatic rings. The van der Waals surface area contributed by atoms with E-state index in [1.54, 1.807) is 0 Å². The first-order chi connectivity index (χ1) is 15.9. The van der Waals surface area contributed by atoms with Crippen molar-refractivity contribution in [3.05, 3.63) is 132 Å². The Balaban J connectivity index is 1.69. The molecule has 4 heteroatoms. The highest BCUT2D eigenvalue weighted by Gasteiger charge is 2.43. The first-order valence-corrected chi connectivity index (χ1v) is 10.9. The van der Waals surface area contributed by atoms with E-state index < -0.39 is 5.66 Å². The van der Waals surface area contributed by atoms with Crippen molar-refractivity contribution in [2.45, 2.75) is 18.5 Å². The Morgan fingerprint density at radius 2 is 1.22 bits per heavy atom. The number of para-hydroxylation sites is 1. The Morgan fingerprint density at radius 1 is 0.656 bits per heavy atom. The molecule has 4 nitrogen and oxygen atoms in total. The zero-order valence-electron chi connectivity index (χ0n) is 17.8. The molecule has 4 aromatic rings. The van der Waals surface area contributed by atoms with E-state index in [0.717, 1.165) is 41.1 Å². The summed E-state index contributed by atoms with van der Waals surface area (Å²) >= 11 is 0. The lowest BCUT2D eigenvalue weighted by atomic mass is 9.89. The molecule has 32 heavy (non-hydrogen) atoms. The predicted octanol–water partition coefficient (Wildman–Crippen LogP) is 7.33. The SMILES string of the molecule is c1ccc(N=NC2(c3ccccc3)CCC(c3ccccc3)=NN2c2ccccc2)cc1. The van der Waals surface area contributed by atoms with Gasteiger partial charge in [0.25, 0.3) is 0 Å². The maximum atomic E-state index is 5.16. The Bertz CT molecular complexity index is 1210. The van der Waals surface area contributed by atoms with Gasteiger partial charge in [-0.3, -0.25) is 0 Å². The summed E-state index contributed by atoms with van der Waals surface area (Å²) in [5.74, 6) is 0. The number of azo groups is 1. The molecule has 0 spiro atoms. The quantitative estimate of drug-likeness (QED) is 0.314. The summed E-state index contributed by atoms with van der Waals surface area (Å²) in [5.41, 5.74) is 4.33. The first-order valence-electron chi connectivity index (χ1n) is 10.9. The largest absolute Gasteiger partial charge is 0.232 e. The van der Waals surface area contributed by atoms with Gasteiger partial charge in [0.15, 0.2) is 5.66 Å². The number of hydrogen-bond donors (Lipinski definition) is 0. The summed E-state index contributed by atoms with van der Waals surface area (Å²) in [6.45, 7) is 0. The van der Waals surface area contributed by atoms with Crippen molar-refractivity contribution < 1.29 is 0 Å². The molecule has 1 atom stereocenters. The number of benzene rings is 4. The smallest absolute Gasteiger partial charge is 0.199 e. The van der Waals surface area contributed by atoms with Crippen LogP contribution in [0.4, 0.5) is 11.4 Å². The van der Waals surface area contributed by atoms with Crippen molar-refractivity contribution in [2.75, 3.05) is 5.01 Å². The highest BCUT2D eigenvalue weighted by Crippen LogP contribution is 2.43. The molecule has 0 aliphatic carbocycles. The van der Waals surface area contributed by atoms with E-state index in [2.05, 4.69) is 65.8 Å². The van der Waals surface area contributed by atoms with Crippen molar-refractivity contribution >= 4 is 17.1 Å². The van der Waals surface area contributed by atoms with Crippen LogP contribution in [0.3, 0.4) is 0 Å². The fraction of sp³-hybridized carbons (Fsp3) is 0.107. The van der Waals surface area contributed by atoms with Gasteiger partial charge in [0.2, 0.25) is 0 Å². The number of hydrazone groups is 1. The summed E-state index contributed by atoms with van der Waals surface area (Å²) < 4.78 is 0. The van der Waals surface area contributed by atoms with Crippen LogP contribution in [0.2, 0.25) is 0 Å². The van der Waals surface area contributed by atoms with E-state index in [9.17, 15) is 0 Å². The molecule has 1 heterocycles. The lowest BCUT2D eigenvalue weighted by molar-refractivity contribution is 0.366. The van der Waals surface area contributed by atoms with Gasteiger partial charge in [-0.15, -0.1) is 0 Å². The molecular formula is C28H24N4. The van der Waals surface area contributed by atoms with E-state index in [4.69, 9.17) is 10.2 Å². The normalized spacial score (nSPS) is 18.5. The zero-order chi connectivity index (χ0) is 21.6. The van der Waals surface area contributed by atoms with Gasteiger partial charge in [-0.25, -0.2) is 5.01 Å². The Hall–Kier alpha value is -4.05. The molecule has 1 aliphatic heterocycles. The number of rotatable bonds is 5. The van der Waals surface area contributed by atoms with E-state index in [1.165, 1.54) is 0 Å². The van der Waals surface area contributed by atoms with Gasteiger partial charge in [-0.05, 0) is 36.2 Å². The highest BCUT2D eigenvalue weighted by atomic mass is 15.6. The molecule has 0 N–H and O–H groups in total. The lowest BCUT2D eigenvalue weighted by Crippen LogP contribution is -2.45. The van der Waals surface area contributed by atoms with Crippen molar-refractivity contribution in [3.63, 3.8) is 0 Å². The second-order valence-corrected chi connectivity index (χ2v) is 7.78. The molecule has 156 valence electrons. The molecule has 0 bridgehead atoms. The average Bonchev–Trinajstić information content (AvgIpc) is 2.89. The molecule has 5 rings (SSSR count). The third kappa shape index (κ3) is 3.95. The van der Waals surface area contributed by atoms with Crippen LogP contribution in [0.1, 0.15) is 24.0 Å². The van der Waals surface area contributed by atoms with E-state index in [0.29, 0.717) is 0 Å². The summed E-state index contributed by atoms with van der Waals surface area (Å²) in [6, 6.07) is 40.8. The Morgan fingerprint density at radius 3 is 1.88 bits per heavy atom. The van der Waals surface area contributed by atoms with Crippen LogP contribution in [-0.2, 0) is 5.66 Å². The van der Waals surface area contributed by atoms with Crippen LogP contribution in [0, 0.1) is 0 Å². The van der Waals surface area contributed by atoms with Crippen LogP contribution in [0.25, 0.3) is 0 Å². The van der Waals surface area contributed by atoms with Crippen molar-refractivity contribution in [1.82, 2.24) is 0 Å². The van der Waals surface area contributed by atoms with Gasteiger partial charge >= 0.3 is 0 Å². The van der Waals surface area contributed by atoms with Gasteiger partial charge in [0.1, 0.15) is 0 Å². The predicted molar refractivity (Wildman–Crippen MR) is 130 cm³/mol. The van der Waals surface area contributed by atoms with Crippen LogP contribution < -0.4 is 5.01 Å². The molecule has 0 amide bonds. The third-order valence-electron chi connectivity index (χ3n) is 5.71. The Labute approximate surface area is 188 Å². The molecule has 0 saturated carbocycles. The zero-order valence-corrected chi connectivity index (χ0v) is 17.8. The summed E-state index contributed by atoms with van der Waals surface area (Å²) in [6.07, 6.45) is 1.56. The Kier molecular flexibility index (Phi) is 5.58. The monoisotopic (exact) mass is 416 g/mol. The molecule has 0 saturated heterocycles. The second-order valence-electron chi connectivity index (χ2n) is 7.78. The maximum absolute atomic E-state index is 5.16. The van der Waals surface area contributed by atoms with Crippen LogP contribution in [-0.4, -0.2) is 5.71 Å². The lowest BCUT2D eigenvalue weighted by Gasteiger charge is -2.42. The summed E-state index contributed by atoms with van der Waals surface area (Å²) in [5, 5.41) is 16.9. The van der Waals surface area contributed by atoms with Crippen LogP contribution in [0.15, 0.2) is 137 Å². The number of hydrogen-bond acceptors (Lipinski definition) is 4. The maximum Gasteiger partial charge on any atom is 0.199 e. The molecule has 4 aromatic carbocycles. The summed E-state index contributed by atoms with van der Waals surface area (Å²) in [7, 11) is 0. The standard InChI is InChI=1S/C28H24N4/c1-5-13-23(14-6-1)27-21-22-28(24-15-7-2-8-16-24,31-29-25-17-9-3-10-18-25)32(30-27)26-19-11-4-12-20-26/h1-20H,21-22H2. The highest BCUT2D eigenvalue weighted by molar-refractivity contribution is 6.01. The molecule has 0 aromatic heterocycles. The van der Waals surface area contributed by atoms with Crippen molar-refractivity contribution in [2.24, 2.45) is 15.3 Å². The summed E-state index contributed by atoms with van der Waals surface area (Å²) in [4.78, 5) is 0. The van der Waals surface area contributed by atoms with E-state index >= 15 is 0 Å². The third-order valence-corrected chi connectivity index (χ3v) is 5.71. The molecule has 0 radical (unpaired) electrons. The molecule has 0 fully saturated rings. The fourth-order valence-corrected chi connectivity index (χ4v) is 4.08. The number of anilines is 1. The number of nitrogens with zero attached hydrogens (tertiary/aromatic N) is 4.